The van der Waals surface area contributed by atoms with Crippen molar-refractivity contribution in [3.05, 3.63) is 41.2 Å². The molecule has 82 valence electrons. The Balaban J connectivity index is 2.14. The SMILES string of the molecule is O=C(O)c1coc(Nc2ccc(Cl)cc2)n1. The Bertz CT molecular complexity index is 507. The molecule has 2 rings (SSSR count). The third-order valence-corrected chi connectivity index (χ3v) is 2.07. The molecule has 0 saturated carbocycles. The monoisotopic (exact) mass is 238 g/mol. The van der Waals surface area contributed by atoms with Crippen LogP contribution < -0.4 is 5.32 Å². The fraction of sp³-hybridized carbons (Fsp3) is 0. The largest absolute Gasteiger partial charge is 0.476 e. The van der Waals surface area contributed by atoms with Crippen LogP contribution in [0.3, 0.4) is 0 Å². The summed E-state index contributed by atoms with van der Waals surface area (Å²) in [6.45, 7) is 0. The van der Waals surface area contributed by atoms with Gasteiger partial charge in [0.1, 0.15) is 6.26 Å². The molecule has 2 N–H and O–H groups in total. The summed E-state index contributed by atoms with van der Waals surface area (Å²) in [4.78, 5) is 14.3. The van der Waals surface area contributed by atoms with E-state index in [0.29, 0.717) is 10.7 Å². The molecule has 1 heterocycles. The fourth-order valence-corrected chi connectivity index (χ4v) is 1.21. The van der Waals surface area contributed by atoms with E-state index in [1.54, 1.807) is 24.3 Å². The number of carboxylic acid groups (broad SMARTS) is 1. The lowest BCUT2D eigenvalue weighted by atomic mass is 10.3. The molecule has 0 spiro atoms. The van der Waals surface area contributed by atoms with Gasteiger partial charge in [-0.15, -0.1) is 0 Å². The molecule has 0 fully saturated rings. The van der Waals surface area contributed by atoms with Gasteiger partial charge < -0.3 is 14.8 Å². The van der Waals surface area contributed by atoms with E-state index in [-0.39, 0.29) is 11.7 Å². The molecule has 2 aromatic rings. The molecule has 0 saturated heterocycles. The number of carboxylic acids is 1. The van der Waals surface area contributed by atoms with E-state index in [1.807, 2.05) is 0 Å². The van der Waals surface area contributed by atoms with Gasteiger partial charge in [-0.05, 0) is 24.3 Å². The molecule has 5 nitrogen and oxygen atoms in total. The average molecular weight is 239 g/mol. The van der Waals surface area contributed by atoms with Crippen molar-refractivity contribution in [3.8, 4) is 0 Å². The molecule has 0 radical (unpaired) electrons. The van der Waals surface area contributed by atoms with Crippen LogP contribution in [0.25, 0.3) is 0 Å². The van der Waals surface area contributed by atoms with Gasteiger partial charge in [0.05, 0.1) is 0 Å². The summed E-state index contributed by atoms with van der Waals surface area (Å²) >= 11 is 5.72. The molecule has 1 aromatic heterocycles. The summed E-state index contributed by atoms with van der Waals surface area (Å²) < 4.78 is 4.92. The molecular weight excluding hydrogens is 232 g/mol. The predicted octanol–water partition coefficient (Wildman–Crippen LogP) is 2.77. The third-order valence-electron chi connectivity index (χ3n) is 1.82. The Kier molecular flexibility index (Phi) is 2.78. The van der Waals surface area contributed by atoms with Gasteiger partial charge >= 0.3 is 5.97 Å². The average Bonchev–Trinajstić information content (AvgIpc) is 2.70. The van der Waals surface area contributed by atoms with Crippen LogP contribution in [0, 0.1) is 0 Å². The molecule has 1 aromatic carbocycles. The highest BCUT2D eigenvalue weighted by atomic mass is 35.5. The number of rotatable bonds is 3. The number of benzene rings is 1. The topological polar surface area (TPSA) is 75.4 Å². The van der Waals surface area contributed by atoms with Crippen LogP contribution in [0.15, 0.2) is 34.9 Å². The Morgan fingerprint density at radius 3 is 2.62 bits per heavy atom. The van der Waals surface area contributed by atoms with Gasteiger partial charge in [0, 0.05) is 10.7 Å². The lowest BCUT2D eigenvalue weighted by molar-refractivity contribution is 0.0690. The lowest BCUT2D eigenvalue weighted by Crippen LogP contribution is -1.97. The zero-order valence-corrected chi connectivity index (χ0v) is 8.73. The summed E-state index contributed by atoms with van der Waals surface area (Å²) in [5.74, 6) is -1.13. The van der Waals surface area contributed by atoms with E-state index in [4.69, 9.17) is 21.1 Å². The van der Waals surface area contributed by atoms with Crippen molar-refractivity contribution in [3.63, 3.8) is 0 Å². The first-order valence-corrected chi connectivity index (χ1v) is 4.74. The van der Waals surface area contributed by atoms with Crippen molar-refractivity contribution in [2.75, 3.05) is 5.32 Å². The minimum atomic E-state index is -1.13. The van der Waals surface area contributed by atoms with Gasteiger partial charge in [-0.3, -0.25) is 0 Å². The number of hydrogen-bond acceptors (Lipinski definition) is 4. The Labute approximate surface area is 95.7 Å². The number of nitrogens with zero attached hydrogens (tertiary/aromatic N) is 1. The van der Waals surface area contributed by atoms with Crippen LogP contribution in [0.4, 0.5) is 11.7 Å². The summed E-state index contributed by atoms with van der Waals surface area (Å²) in [5, 5.41) is 12.1. The van der Waals surface area contributed by atoms with E-state index in [2.05, 4.69) is 10.3 Å². The summed E-state index contributed by atoms with van der Waals surface area (Å²) in [6, 6.07) is 6.98. The highest BCUT2D eigenvalue weighted by Gasteiger charge is 2.09. The van der Waals surface area contributed by atoms with Gasteiger partial charge in [-0.2, -0.15) is 4.98 Å². The van der Waals surface area contributed by atoms with Crippen molar-refractivity contribution in [1.29, 1.82) is 0 Å². The standard InChI is InChI=1S/C10H7ClN2O3/c11-6-1-3-7(4-2-6)12-10-13-8(5-16-10)9(14)15/h1-5H,(H,12,13)(H,14,15). The van der Waals surface area contributed by atoms with E-state index in [9.17, 15) is 4.79 Å². The maximum atomic E-state index is 10.5. The predicted molar refractivity (Wildman–Crippen MR) is 58.2 cm³/mol. The van der Waals surface area contributed by atoms with E-state index < -0.39 is 5.97 Å². The second-order valence-electron chi connectivity index (χ2n) is 2.97. The van der Waals surface area contributed by atoms with Crippen molar-refractivity contribution in [2.24, 2.45) is 0 Å². The Morgan fingerprint density at radius 1 is 1.38 bits per heavy atom. The maximum absolute atomic E-state index is 10.5. The molecular formula is C10H7ClN2O3. The molecule has 16 heavy (non-hydrogen) atoms. The van der Waals surface area contributed by atoms with Crippen molar-refractivity contribution in [2.45, 2.75) is 0 Å². The van der Waals surface area contributed by atoms with Gasteiger partial charge in [-0.25, -0.2) is 4.79 Å². The summed E-state index contributed by atoms with van der Waals surface area (Å²) in [5.41, 5.74) is 0.569. The van der Waals surface area contributed by atoms with E-state index >= 15 is 0 Å². The quantitative estimate of drug-likeness (QED) is 0.860. The number of anilines is 2. The molecule has 0 atom stereocenters. The highest BCUT2D eigenvalue weighted by Crippen LogP contribution is 2.18. The van der Waals surface area contributed by atoms with E-state index in [1.165, 1.54) is 0 Å². The van der Waals surface area contributed by atoms with Crippen LogP contribution in [-0.2, 0) is 0 Å². The zero-order chi connectivity index (χ0) is 11.5. The third kappa shape index (κ3) is 2.32. The second-order valence-corrected chi connectivity index (χ2v) is 3.41. The molecule has 0 aliphatic heterocycles. The van der Waals surface area contributed by atoms with E-state index in [0.717, 1.165) is 6.26 Å². The molecule has 0 amide bonds. The number of aromatic carboxylic acids is 1. The Morgan fingerprint density at radius 2 is 2.06 bits per heavy atom. The van der Waals surface area contributed by atoms with Crippen LogP contribution >= 0.6 is 11.6 Å². The van der Waals surface area contributed by atoms with Crippen molar-refractivity contribution < 1.29 is 14.3 Å². The van der Waals surface area contributed by atoms with Gasteiger partial charge in [-0.1, -0.05) is 11.6 Å². The van der Waals surface area contributed by atoms with Crippen LogP contribution in [-0.4, -0.2) is 16.1 Å². The van der Waals surface area contributed by atoms with Gasteiger partial charge in [0.15, 0.2) is 5.69 Å². The summed E-state index contributed by atoms with van der Waals surface area (Å²) in [6.07, 6.45) is 1.07. The minimum absolute atomic E-state index is 0.125. The number of hydrogen-bond donors (Lipinski definition) is 2. The summed E-state index contributed by atoms with van der Waals surface area (Å²) in [7, 11) is 0. The first-order chi connectivity index (χ1) is 7.65. The maximum Gasteiger partial charge on any atom is 0.357 e. The molecule has 0 unspecified atom stereocenters. The molecule has 0 aliphatic carbocycles. The normalized spacial score (nSPS) is 10.1. The number of aromatic nitrogens is 1. The van der Waals surface area contributed by atoms with Crippen molar-refractivity contribution >= 4 is 29.3 Å². The van der Waals surface area contributed by atoms with Crippen molar-refractivity contribution in [1.82, 2.24) is 4.98 Å². The van der Waals surface area contributed by atoms with Crippen LogP contribution in [0.2, 0.25) is 5.02 Å². The van der Waals surface area contributed by atoms with Crippen LogP contribution in [0.1, 0.15) is 10.5 Å². The smallest absolute Gasteiger partial charge is 0.357 e. The number of halogens is 1. The molecule has 6 heteroatoms. The Hall–Kier alpha value is -2.01. The molecule has 0 aliphatic rings. The van der Waals surface area contributed by atoms with Crippen LogP contribution in [0.5, 0.6) is 0 Å². The first kappa shape index (κ1) is 10.5. The highest BCUT2D eigenvalue weighted by molar-refractivity contribution is 6.30. The molecule has 0 bridgehead atoms. The number of oxazole rings is 1. The zero-order valence-electron chi connectivity index (χ0n) is 7.98. The minimum Gasteiger partial charge on any atom is -0.476 e. The first-order valence-electron chi connectivity index (χ1n) is 4.36. The number of nitrogens with one attached hydrogen (secondary N) is 1. The fourth-order valence-electron chi connectivity index (χ4n) is 1.09. The number of carbonyl (C=O) groups is 1. The second kappa shape index (κ2) is 4.24. The lowest BCUT2D eigenvalue weighted by Gasteiger charge is -2.00. The van der Waals surface area contributed by atoms with Gasteiger partial charge in [0.25, 0.3) is 6.01 Å². The van der Waals surface area contributed by atoms with Gasteiger partial charge in [0.2, 0.25) is 0 Å².